The van der Waals surface area contributed by atoms with Gasteiger partial charge in [0.05, 0.1) is 6.04 Å². The van der Waals surface area contributed by atoms with Crippen molar-refractivity contribution in [2.24, 2.45) is 0 Å². The van der Waals surface area contributed by atoms with Crippen LogP contribution in [0.25, 0.3) is 0 Å². The molecule has 1 aliphatic rings. The summed E-state index contributed by atoms with van der Waals surface area (Å²) in [4.78, 5) is 0. The van der Waals surface area contributed by atoms with E-state index in [1.807, 2.05) is 0 Å². The van der Waals surface area contributed by atoms with Gasteiger partial charge in [0.25, 0.3) is 0 Å². The molecule has 0 saturated carbocycles. The van der Waals surface area contributed by atoms with E-state index in [-0.39, 0.29) is 0 Å². The highest BCUT2D eigenvalue weighted by Gasteiger charge is 2.27. The Morgan fingerprint density at radius 1 is 1.24 bits per heavy atom. The third-order valence-corrected chi connectivity index (χ3v) is 4.35. The molecular weight excluding hydrogens is 260 g/mol. The minimum Gasteiger partial charge on any atom is -0.312 e. The Hall–Kier alpha value is -1.68. The number of nitrogens with zero attached hydrogens (tertiary/aromatic N) is 3. The fraction of sp³-hybridized carbons (Fsp3) is 0.529. The highest BCUT2D eigenvalue weighted by molar-refractivity contribution is 5.26. The Kier molecular flexibility index (Phi) is 4.34. The van der Waals surface area contributed by atoms with E-state index in [9.17, 15) is 0 Å². The van der Waals surface area contributed by atoms with Crippen molar-refractivity contribution in [2.75, 3.05) is 6.54 Å². The molecule has 2 atom stereocenters. The van der Waals surface area contributed by atoms with Crippen LogP contribution in [0.2, 0.25) is 0 Å². The van der Waals surface area contributed by atoms with Crippen LogP contribution in [0, 0.1) is 0 Å². The van der Waals surface area contributed by atoms with Crippen molar-refractivity contribution in [3.05, 3.63) is 47.5 Å². The summed E-state index contributed by atoms with van der Waals surface area (Å²) in [6.07, 6.45) is 3.34. The molecular formula is C17H24N4. The van der Waals surface area contributed by atoms with E-state index in [0.29, 0.717) is 12.0 Å². The predicted molar refractivity (Wildman–Crippen MR) is 84.2 cm³/mol. The van der Waals surface area contributed by atoms with Crippen LogP contribution in [0.1, 0.15) is 62.3 Å². The van der Waals surface area contributed by atoms with Gasteiger partial charge in [-0.05, 0) is 18.4 Å². The van der Waals surface area contributed by atoms with Gasteiger partial charge in [0.1, 0.15) is 11.6 Å². The zero-order valence-corrected chi connectivity index (χ0v) is 12.9. The third-order valence-electron chi connectivity index (χ3n) is 4.35. The quantitative estimate of drug-likeness (QED) is 0.916. The summed E-state index contributed by atoms with van der Waals surface area (Å²) in [6, 6.07) is 11.0. The molecule has 2 unspecified atom stereocenters. The molecule has 1 aromatic heterocycles. The van der Waals surface area contributed by atoms with Gasteiger partial charge in [-0.1, -0.05) is 50.6 Å². The van der Waals surface area contributed by atoms with Crippen molar-refractivity contribution in [1.29, 1.82) is 0 Å². The zero-order chi connectivity index (χ0) is 14.7. The minimum atomic E-state index is 0.341. The number of hydrogen-bond acceptors (Lipinski definition) is 3. The SMILES string of the molecule is CCCC1NCCn2c1nnc2C(CC)c1ccccc1. The second-order valence-corrected chi connectivity index (χ2v) is 5.73. The van der Waals surface area contributed by atoms with Crippen molar-refractivity contribution >= 4 is 0 Å². The minimum absolute atomic E-state index is 0.341. The molecule has 0 amide bonds. The van der Waals surface area contributed by atoms with Crippen LogP contribution in [0.5, 0.6) is 0 Å². The fourth-order valence-electron chi connectivity index (χ4n) is 3.29. The van der Waals surface area contributed by atoms with Crippen LogP contribution >= 0.6 is 0 Å². The standard InChI is InChI=1S/C17H24N4/c1-3-8-15-17-20-19-16(21(17)12-11-18-15)14(4-2)13-9-6-5-7-10-13/h5-7,9-10,14-15,18H,3-4,8,11-12H2,1-2H3. The molecule has 1 aromatic carbocycles. The summed E-state index contributed by atoms with van der Waals surface area (Å²) in [6.45, 7) is 6.43. The van der Waals surface area contributed by atoms with Crippen LogP contribution in [-0.2, 0) is 6.54 Å². The van der Waals surface area contributed by atoms with E-state index in [0.717, 1.165) is 44.0 Å². The van der Waals surface area contributed by atoms with Crippen LogP contribution < -0.4 is 5.32 Å². The van der Waals surface area contributed by atoms with E-state index in [1.54, 1.807) is 0 Å². The van der Waals surface area contributed by atoms with Gasteiger partial charge in [0, 0.05) is 19.0 Å². The van der Waals surface area contributed by atoms with Crippen LogP contribution in [-0.4, -0.2) is 21.3 Å². The summed E-state index contributed by atoms with van der Waals surface area (Å²) < 4.78 is 2.35. The molecule has 2 aromatic rings. The Labute approximate surface area is 126 Å². The summed E-state index contributed by atoms with van der Waals surface area (Å²) in [7, 11) is 0. The molecule has 1 N–H and O–H groups in total. The maximum atomic E-state index is 4.55. The van der Waals surface area contributed by atoms with Crippen molar-refractivity contribution in [3.63, 3.8) is 0 Å². The number of rotatable bonds is 5. The van der Waals surface area contributed by atoms with Crippen LogP contribution in [0.3, 0.4) is 0 Å². The van der Waals surface area contributed by atoms with Gasteiger partial charge in [0.15, 0.2) is 0 Å². The molecule has 1 aliphatic heterocycles. The number of hydrogen-bond donors (Lipinski definition) is 1. The second-order valence-electron chi connectivity index (χ2n) is 5.73. The van der Waals surface area contributed by atoms with E-state index in [4.69, 9.17) is 0 Å². The highest BCUT2D eigenvalue weighted by atomic mass is 15.3. The molecule has 21 heavy (non-hydrogen) atoms. The second kappa shape index (κ2) is 6.39. The molecule has 0 spiro atoms. The van der Waals surface area contributed by atoms with Crippen LogP contribution in [0.4, 0.5) is 0 Å². The number of aromatic nitrogens is 3. The van der Waals surface area contributed by atoms with E-state index in [1.165, 1.54) is 5.56 Å². The lowest BCUT2D eigenvalue weighted by atomic mass is 9.95. The first-order chi connectivity index (χ1) is 10.3. The van der Waals surface area contributed by atoms with Crippen molar-refractivity contribution in [1.82, 2.24) is 20.1 Å². The van der Waals surface area contributed by atoms with E-state index >= 15 is 0 Å². The molecule has 3 rings (SSSR count). The first-order valence-electron chi connectivity index (χ1n) is 8.06. The fourth-order valence-corrected chi connectivity index (χ4v) is 3.29. The molecule has 2 heterocycles. The normalized spacial score (nSPS) is 19.2. The average Bonchev–Trinajstić information content (AvgIpc) is 2.95. The maximum absolute atomic E-state index is 4.55. The van der Waals surface area contributed by atoms with Gasteiger partial charge < -0.3 is 9.88 Å². The molecule has 0 fully saturated rings. The van der Waals surface area contributed by atoms with Crippen molar-refractivity contribution in [2.45, 2.75) is 51.6 Å². The average molecular weight is 284 g/mol. The number of nitrogens with one attached hydrogen (secondary N) is 1. The highest BCUT2D eigenvalue weighted by Crippen LogP contribution is 2.30. The van der Waals surface area contributed by atoms with Crippen molar-refractivity contribution < 1.29 is 0 Å². The van der Waals surface area contributed by atoms with Gasteiger partial charge >= 0.3 is 0 Å². The summed E-state index contributed by atoms with van der Waals surface area (Å²) in [5.41, 5.74) is 1.33. The van der Waals surface area contributed by atoms with Crippen molar-refractivity contribution in [3.8, 4) is 0 Å². The number of benzene rings is 1. The van der Waals surface area contributed by atoms with Gasteiger partial charge in [-0.25, -0.2) is 0 Å². The Morgan fingerprint density at radius 2 is 2.05 bits per heavy atom. The lowest BCUT2D eigenvalue weighted by molar-refractivity contribution is 0.385. The largest absolute Gasteiger partial charge is 0.312 e. The summed E-state index contributed by atoms with van der Waals surface area (Å²) >= 11 is 0. The van der Waals surface area contributed by atoms with Gasteiger partial charge in [-0.15, -0.1) is 10.2 Å². The summed E-state index contributed by atoms with van der Waals surface area (Å²) in [5, 5.41) is 12.6. The number of fused-ring (bicyclic) bond motifs is 1. The lowest BCUT2D eigenvalue weighted by Crippen LogP contribution is -2.34. The van der Waals surface area contributed by atoms with E-state index < -0.39 is 0 Å². The Bertz CT molecular complexity index is 576. The Morgan fingerprint density at radius 3 is 2.76 bits per heavy atom. The molecule has 0 radical (unpaired) electrons. The van der Waals surface area contributed by atoms with E-state index in [2.05, 4.69) is 64.3 Å². The Balaban J connectivity index is 1.96. The topological polar surface area (TPSA) is 42.7 Å². The summed E-state index contributed by atoms with van der Waals surface area (Å²) in [5.74, 6) is 2.58. The van der Waals surface area contributed by atoms with Crippen LogP contribution in [0.15, 0.2) is 30.3 Å². The molecule has 112 valence electrons. The van der Waals surface area contributed by atoms with Gasteiger partial charge in [-0.2, -0.15) is 0 Å². The zero-order valence-electron chi connectivity index (χ0n) is 12.9. The molecule has 0 bridgehead atoms. The first kappa shape index (κ1) is 14.3. The molecule has 4 heteroatoms. The molecule has 4 nitrogen and oxygen atoms in total. The smallest absolute Gasteiger partial charge is 0.150 e. The first-order valence-corrected chi connectivity index (χ1v) is 8.06. The predicted octanol–water partition coefficient (Wildman–Crippen LogP) is 3.26. The molecule has 0 aliphatic carbocycles. The maximum Gasteiger partial charge on any atom is 0.150 e. The van der Waals surface area contributed by atoms with Gasteiger partial charge in [0.2, 0.25) is 0 Å². The molecule has 0 saturated heterocycles. The third kappa shape index (κ3) is 2.72. The van der Waals surface area contributed by atoms with Gasteiger partial charge in [-0.3, -0.25) is 0 Å². The lowest BCUT2D eigenvalue weighted by Gasteiger charge is -2.26. The monoisotopic (exact) mass is 284 g/mol.